The maximum atomic E-state index is 12.7. The molecule has 3 rings (SSSR count). The number of hydrogen-bond acceptors (Lipinski definition) is 5. The lowest BCUT2D eigenvalue weighted by molar-refractivity contribution is 0.102. The molecule has 2 aromatic carbocycles. The van der Waals surface area contributed by atoms with Gasteiger partial charge in [0.1, 0.15) is 11.4 Å². The molecule has 28 heavy (non-hydrogen) atoms. The van der Waals surface area contributed by atoms with Crippen LogP contribution in [-0.4, -0.2) is 23.0 Å². The minimum Gasteiger partial charge on any atom is -0.495 e. The number of amides is 1. The highest BCUT2D eigenvalue weighted by molar-refractivity contribution is 6.32. The number of methoxy groups -OCH3 is 1. The van der Waals surface area contributed by atoms with Gasteiger partial charge in [0.25, 0.3) is 5.91 Å². The van der Waals surface area contributed by atoms with Crippen molar-refractivity contribution in [2.75, 3.05) is 17.7 Å². The fraction of sp³-hybridized carbons (Fsp3) is 0.190. The molecule has 1 amide bonds. The first-order chi connectivity index (χ1) is 13.4. The number of anilines is 3. The van der Waals surface area contributed by atoms with Crippen molar-refractivity contribution in [2.24, 2.45) is 0 Å². The summed E-state index contributed by atoms with van der Waals surface area (Å²) in [6.07, 6.45) is 0. The molecule has 0 spiro atoms. The number of halogens is 1. The number of carbonyl (C=O) groups excluding carboxylic acids is 1. The number of ether oxygens (including phenoxy) is 1. The molecule has 0 aliphatic rings. The molecular weight excluding hydrogens is 376 g/mol. The molecule has 0 unspecified atom stereocenters. The maximum absolute atomic E-state index is 12.7. The van der Waals surface area contributed by atoms with Crippen LogP contribution in [0.4, 0.5) is 17.3 Å². The molecule has 0 bridgehead atoms. The van der Waals surface area contributed by atoms with E-state index in [-0.39, 0.29) is 11.6 Å². The molecule has 0 aliphatic carbocycles. The average Bonchev–Trinajstić information content (AvgIpc) is 2.65. The van der Waals surface area contributed by atoms with Gasteiger partial charge in [0.15, 0.2) is 0 Å². The van der Waals surface area contributed by atoms with Crippen LogP contribution in [0.5, 0.6) is 5.75 Å². The van der Waals surface area contributed by atoms with Gasteiger partial charge >= 0.3 is 0 Å². The Hall–Kier alpha value is -3.12. The summed E-state index contributed by atoms with van der Waals surface area (Å²) in [7, 11) is 1.55. The molecule has 0 radical (unpaired) electrons. The highest BCUT2D eigenvalue weighted by atomic mass is 35.5. The van der Waals surface area contributed by atoms with Crippen molar-refractivity contribution >= 4 is 34.8 Å². The van der Waals surface area contributed by atoms with Crippen molar-refractivity contribution in [1.82, 2.24) is 9.97 Å². The minimum absolute atomic E-state index is 0.274. The molecule has 0 aliphatic heterocycles. The zero-order valence-electron chi connectivity index (χ0n) is 16.1. The second-order valence-electron chi connectivity index (χ2n) is 6.39. The van der Waals surface area contributed by atoms with Crippen LogP contribution in [0.3, 0.4) is 0 Å². The Morgan fingerprint density at radius 1 is 1.07 bits per heavy atom. The second-order valence-corrected chi connectivity index (χ2v) is 6.80. The van der Waals surface area contributed by atoms with E-state index in [4.69, 9.17) is 16.3 Å². The van der Waals surface area contributed by atoms with Gasteiger partial charge in [0.05, 0.1) is 12.1 Å². The molecule has 1 heterocycles. The largest absolute Gasteiger partial charge is 0.495 e. The number of nitrogens with zero attached hydrogens (tertiary/aromatic N) is 2. The summed E-state index contributed by atoms with van der Waals surface area (Å²) in [5.41, 5.74) is 4.52. The summed E-state index contributed by atoms with van der Waals surface area (Å²) in [5.74, 6) is 0.591. The molecule has 144 valence electrons. The second kappa shape index (κ2) is 8.27. The molecule has 7 heteroatoms. The van der Waals surface area contributed by atoms with E-state index in [0.717, 1.165) is 16.8 Å². The van der Waals surface area contributed by atoms with Crippen LogP contribution in [0.25, 0.3) is 0 Å². The first-order valence-electron chi connectivity index (χ1n) is 8.71. The van der Waals surface area contributed by atoms with Gasteiger partial charge in [0.2, 0.25) is 5.95 Å². The van der Waals surface area contributed by atoms with E-state index in [0.29, 0.717) is 28.1 Å². The van der Waals surface area contributed by atoms with Crippen molar-refractivity contribution in [3.05, 3.63) is 70.0 Å². The number of carbonyl (C=O) groups is 1. The lowest BCUT2D eigenvalue weighted by Gasteiger charge is -2.12. The van der Waals surface area contributed by atoms with Crippen LogP contribution in [0.2, 0.25) is 5.02 Å². The third-order valence-corrected chi connectivity index (χ3v) is 4.64. The van der Waals surface area contributed by atoms with Gasteiger partial charge in [-0.05, 0) is 62.2 Å². The minimum atomic E-state index is -0.296. The van der Waals surface area contributed by atoms with Crippen LogP contribution < -0.4 is 15.4 Å². The van der Waals surface area contributed by atoms with Crippen molar-refractivity contribution in [1.29, 1.82) is 0 Å². The lowest BCUT2D eigenvalue weighted by Crippen LogP contribution is -2.16. The molecule has 0 fully saturated rings. The van der Waals surface area contributed by atoms with Gasteiger partial charge in [-0.15, -0.1) is 0 Å². The molecule has 0 saturated heterocycles. The van der Waals surface area contributed by atoms with E-state index in [1.54, 1.807) is 31.4 Å². The first-order valence-corrected chi connectivity index (χ1v) is 9.09. The Morgan fingerprint density at radius 3 is 2.57 bits per heavy atom. The smallest absolute Gasteiger partial charge is 0.274 e. The van der Waals surface area contributed by atoms with Gasteiger partial charge in [-0.3, -0.25) is 4.79 Å². The van der Waals surface area contributed by atoms with E-state index >= 15 is 0 Å². The van der Waals surface area contributed by atoms with Gasteiger partial charge in [-0.2, -0.15) is 0 Å². The Morgan fingerprint density at radius 2 is 1.86 bits per heavy atom. The van der Waals surface area contributed by atoms with E-state index in [2.05, 4.69) is 20.6 Å². The first kappa shape index (κ1) is 19.6. The van der Waals surface area contributed by atoms with E-state index < -0.39 is 0 Å². The lowest BCUT2D eigenvalue weighted by atomic mass is 10.1. The molecule has 0 saturated carbocycles. The third kappa shape index (κ3) is 4.40. The monoisotopic (exact) mass is 396 g/mol. The van der Waals surface area contributed by atoms with Crippen molar-refractivity contribution in [3.8, 4) is 5.75 Å². The Bertz CT molecular complexity index is 1040. The molecule has 2 N–H and O–H groups in total. The highest BCUT2D eigenvalue weighted by Crippen LogP contribution is 2.28. The van der Waals surface area contributed by atoms with Crippen LogP contribution >= 0.6 is 11.6 Å². The summed E-state index contributed by atoms with van der Waals surface area (Å²) in [6, 6.07) is 12.7. The molecule has 6 nitrogen and oxygen atoms in total. The van der Waals surface area contributed by atoms with Gasteiger partial charge < -0.3 is 15.4 Å². The predicted octanol–water partition coefficient (Wildman–Crippen LogP) is 5.06. The number of aromatic nitrogens is 2. The molecular formula is C21H21ClN4O2. The summed E-state index contributed by atoms with van der Waals surface area (Å²) < 4.78 is 5.15. The van der Waals surface area contributed by atoms with E-state index in [1.165, 1.54) is 0 Å². The molecule has 3 aromatic rings. The number of nitrogens with one attached hydrogen (secondary N) is 2. The maximum Gasteiger partial charge on any atom is 0.274 e. The predicted molar refractivity (Wildman–Crippen MR) is 112 cm³/mol. The zero-order chi connectivity index (χ0) is 20.3. The van der Waals surface area contributed by atoms with Gasteiger partial charge in [-0.25, -0.2) is 9.97 Å². The molecule has 0 atom stereocenters. The molecule has 1 aromatic heterocycles. The van der Waals surface area contributed by atoms with E-state index in [1.807, 2.05) is 39.0 Å². The fourth-order valence-electron chi connectivity index (χ4n) is 2.69. The van der Waals surface area contributed by atoms with Crippen LogP contribution in [0, 0.1) is 20.8 Å². The summed E-state index contributed by atoms with van der Waals surface area (Å²) in [5, 5.41) is 6.46. The van der Waals surface area contributed by atoms with Crippen LogP contribution in [-0.2, 0) is 0 Å². The van der Waals surface area contributed by atoms with Crippen LogP contribution in [0.15, 0.2) is 42.5 Å². The van der Waals surface area contributed by atoms with Crippen molar-refractivity contribution in [3.63, 3.8) is 0 Å². The third-order valence-electron chi connectivity index (χ3n) is 4.35. The SMILES string of the molecule is COc1ccc(Nc2nc(C)cc(C(=O)Nc3cccc(C)c3C)n2)cc1Cl. The quantitative estimate of drug-likeness (QED) is 0.630. The average molecular weight is 397 g/mol. The Labute approximate surface area is 168 Å². The number of benzene rings is 2. The summed E-state index contributed by atoms with van der Waals surface area (Å²) >= 11 is 6.16. The van der Waals surface area contributed by atoms with Gasteiger partial charge in [0, 0.05) is 17.1 Å². The van der Waals surface area contributed by atoms with E-state index in [9.17, 15) is 4.79 Å². The normalized spacial score (nSPS) is 10.5. The summed E-state index contributed by atoms with van der Waals surface area (Å²) in [6.45, 7) is 5.78. The standard InChI is InChI=1S/C21H21ClN4O2/c1-12-6-5-7-17(14(12)3)25-20(27)18-10-13(2)23-21(26-18)24-15-8-9-19(28-4)16(22)11-15/h5-11H,1-4H3,(H,25,27)(H,23,24,26). The number of aryl methyl sites for hydroxylation is 2. The topological polar surface area (TPSA) is 76.1 Å². The Kier molecular flexibility index (Phi) is 5.80. The van der Waals surface area contributed by atoms with Gasteiger partial charge in [-0.1, -0.05) is 23.7 Å². The highest BCUT2D eigenvalue weighted by Gasteiger charge is 2.13. The van der Waals surface area contributed by atoms with Crippen molar-refractivity contribution in [2.45, 2.75) is 20.8 Å². The number of rotatable bonds is 5. The zero-order valence-corrected chi connectivity index (χ0v) is 16.9. The summed E-state index contributed by atoms with van der Waals surface area (Å²) in [4.78, 5) is 21.4. The fourth-order valence-corrected chi connectivity index (χ4v) is 2.94. The van der Waals surface area contributed by atoms with Crippen molar-refractivity contribution < 1.29 is 9.53 Å². The number of hydrogen-bond donors (Lipinski definition) is 2. The van der Waals surface area contributed by atoms with Crippen LogP contribution in [0.1, 0.15) is 27.3 Å². The Balaban J connectivity index is 1.83.